The van der Waals surface area contributed by atoms with Gasteiger partial charge in [-0.05, 0) is 37.1 Å². The van der Waals surface area contributed by atoms with Crippen molar-refractivity contribution in [1.29, 1.82) is 0 Å². The van der Waals surface area contributed by atoms with E-state index in [4.69, 9.17) is 4.98 Å². The van der Waals surface area contributed by atoms with E-state index in [2.05, 4.69) is 77.9 Å². The molecule has 3 nitrogen and oxygen atoms in total. The predicted molar refractivity (Wildman–Crippen MR) is 93.0 cm³/mol. The van der Waals surface area contributed by atoms with Crippen LogP contribution in [0.5, 0.6) is 0 Å². The third-order valence-corrected chi connectivity index (χ3v) is 4.16. The van der Waals surface area contributed by atoms with Gasteiger partial charge in [-0.2, -0.15) is 0 Å². The van der Waals surface area contributed by atoms with Crippen molar-refractivity contribution in [2.75, 3.05) is 18.5 Å². The molecule has 0 spiro atoms. The van der Waals surface area contributed by atoms with Crippen molar-refractivity contribution in [3.05, 3.63) is 23.4 Å². The minimum Gasteiger partial charge on any atom is -0.357 e. The van der Waals surface area contributed by atoms with Crippen LogP contribution in [0.15, 0.2) is 12.1 Å². The lowest BCUT2D eigenvalue weighted by molar-refractivity contribution is 0.499. The first-order valence-electron chi connectivity index (χ1n) is 8.11. The number of hydrogen-bond donors (Lipinski definition) is 1. The van der Waals surface area contributed by atoms with Crippen LogP contribution in [0.3, 0.4) is 0 Å². The molecule has 0 aliphatic rings. The smallest absolute Gasteiger partial charge is 0.129 e. The summed E-state index contributed by atoms with van der Waals surface area (Å²) in [6.45, 7) is 17.5. The van der Waals surface area contributed by atoms with E-state index < -0.39 is 0 Å². The molecule has 0 fully saturated rings. The summed E-state index contributed by atoms with van der Waals surface area (Å²) in [7, 11) is 2.15. The second-order valence-corrected chi connectivity index (χ2v) is 7.34. The Morgan fingerprint density at radius 1 is 1.19 bits per heavy atom. The van der Waals surface area contributed by atoms with Crippen LogP contribution in [-0.2, 0) is 12.0 Å². The summed E-state index contributed by atoms with van der Waals surface area (Å²) >= 11 is 0. The Kier molecular flexibility index (Phi) is 6.21. The molecule has 1 atom stereocenters. The summed E-state index contributed by atoms with van der Waals surface area (Å²) in [6.07, 6.45) is 0. The van der Waals surface area contributed by atoms with Crippen LogP contribution in [-0.4, -0.2) is 24.6 Å². The van der Waals surface area contributed by atoms with Crippen LogP contribution in [0.4, 0.5) is 5.82 Å². The molecule has 1 aromatic heterocycles. The zero-order valence-corrected chi connectivity index (χ0v) is 15.1. The second kappa shape index (κ2) is 7.26. The normalized spacial score (nSPS) is 13.6. The van der Waals surface area contributed by atoms with Crippen molar-refractivity contribution in [2.45, 2.75) is 66.5 Å². The lowest BCUT2D eigenvalue weighted by atomic mass is 9.90. The highest BCUT2D eigenvalue weighted by Crippen LogP contribution is 2.26. The fourth-order valence-electron chi connectivity index (χ4n) is 2.16. The van der Waals surface area contributed by atoms with E-state index in [1.54, 1.807) is 0 Å². The van der Waals surface area contributed by atoms with Gasteiger partial charge in [0.2, 0.25) is 0 Å². The Morgan fingerprint density at radius 3 is 2.29 bits per heavy atom. The molecule has 1 rings (SSSR count). The molecule has 0 radical (unpaired) electrons. The van der Waals surface area contributed by atoms with Crippen molar-refractivity contribution in [1.82, 2.24) is 10.3 Å². The number of hydrogen-bond acceptors (Lipinski definition) is 3. The Hall–Kier alpha value is -1.09. The number of pyridine rings is 1. The number of rotatable bonds is 6. The van der Waals surface area contributed by atoms with Crippen molar-refractivity contribution in [3.63, 3.8) is 0 Å². The van der Waals surface area contributed by atoms with Gasteiger partial charge in [-0.1, -0.05) is 41.5 Å². The molecule has 0 aliphatic carbocycles. The van der Waals surface area contributed by atoms with Crippen LogP contribution in [0, 0.1) is 5.92 Å². The summed E-state index contributed by atoms with van der Waals surface area (Å²) in [5, 5.41) is 3.42. The molecule has 0 aliphatic heterocycles. The summed E-state index contributed by atoms with van der Waals surface area (Å²) < 4.78 is 0. The molecule has 120 valence electrons. The Bertz CT molecular complexity index is 446. The van der Waals surface area contributed by atoms with Gasteiger partial charge in [-0.25, -0.2) is 4.98 Å². The van der Waals surface area contributed by atoms with E-state index in [0.29, 0.717) is 12.0 Å². The fourth-order valence-corrected chi connectivity index (χ4v) is 2.16. The Balaban J connectivity index is 3.18. The van der Waals surface area contributed by atoms with E-state index in [1.807, 2.05) is 0 Å². The minimum absolute atomic E-state index is 0.0683. The first-order chi connectivity index (χ1) is 9.66. The molecule has 1 heterocycles. The molecule has 1 aromatic rings. The summed E-state index contributed by atoms with van der Waals surface area (Å²) in [5.74, 6) is 1.68. The third-order valence-electron chi connectivity index (χ3n) is 4.16. The largest absolute Gasteiger partial charge is 0.357 e. The van der Waals surface area contributed by atoms with Gasteiger partial charge < -0.3 is 10.2 Å². The van der Waals surface area contributed by atoms with E-state index in [1.165, 1.54) is 5.56 Å². The van der Waals surface area contributed by atoms with Crippen LogP contribution in [0.2, 0.25) is 0 Å². The molecular formula is C18H33N3. The van der Waals surface area contributed by atoms with Gasteiger partial charge in [0.1, 0.15) is 5.82 Å². The van der Waals surface area contributed by atoms with Gasteiger partial charge >= 0.3 is 0 Å². The number of nitrogens with zero attached hydrogens (tertiary/aromatic N) is 2. The molecule has 1 N–H and O–H groups in total. The fraction of sp³-hybridized carbons (Fsp3) is 0.722. The lowest BCUT2D eigenvalue weighted by Gasteiger charge is -2.31. The van der Waals surface area contributed by atoms with Crippen molar-refractivity contribution in [3.8, 4) is 0 Å². The molecule has 3 heteroatoms. The molecule has 0 saturated carbocycles. The zero-order chi connectivity index (χ0) is 16.2. The standard InChI is InChI=1S/C18H33N3/c1-9-19-12-15-10-16(18(5,6)7)20-17(11-15)21(8)14(4)13(2)3/h10-11,13-14,19H,9,12H2,1-8H3. The van der Waals surface area contributed by atoms with Gasteiger partial charge in [-0.15, -0.1) is 0 Å². The van der Waals surface area contributed by atoms with Gasteiger partial charge in [0.15, 0.2) is 0 Å². The van der Waals surface area contributed by atoms with Crippen molar-refractivity contribution >= 4 is 5.82 Å². The Morgan fingerprint density at radius 2 is 1.81 bits per heavy atom. The highest BCUT2D eigenvalue weighted by molar-refractivity contribution is 5.44. The highest BCUT2D eigenvalue weighted by atomic mass is 15.2. The van der Waals surface area contributed by atoms with Gasteiger partial charge in [0.25, 0.3) is 0 Å². The summed E-state index contributed by atoms with van der Waals surface area (Å²) in [4.78, 5) is 7.22. The van der Waals surface area contributed by atoms with Crippen molar-refractivity contribution < 1.29 is 0 Å². The maximum atomic E-state index is 4.91. The first-order valence-corrected chi connectivity index (χ1v) is 8.11. The third kappa shape index (κ3) is 4.99. The number of aromatic nitrogens is 1. The molecule has 21 heavy (non-hydrogen) atoms. The molecule has 1 unspecified atom stereocenters. The van der Waals surface area contributed by atoms with Gasteiger partial charge in [0, 0.05) is 30.7 Å². The zero-order valence-electron chi connectivity index (χ0n) is 15.1. The topological polar surface area (TPSA) is 28.2 Å². The summed E-state index contributed by atoms with van der Waals surface area (Å²) in [6, 6.07) is 4.93. The molecular weight excluding hydrogens is 258 g/mol. The molecule has 0 aromatic carbocycles. The van der Waals surface area contributed by atoms with Gasteiger partial charge in [0.05, 0.1) is 0 Å². The van der Waals surface area contributed by atoms with Crippen LogP contribution >= 0.6 is 0 Å². The van der Waals surface area contributed by atoms with Crippen LogP contribution < -0.4 is 10.2 Å². The summed E-state index contributed by atoms with van der Waals surface area (Å²) in [5.41, 5.74) is 2.55. The molecule has 0 amide bonds. The predicted octanol–water partition coefficient (Wildman–Crippen LogP) is 3.97. The van der Waals surface area contributed by atoms with E-state index in [-0.39, 0.29) is 5.41 Å². The van der Waals surface area contributed by atoms with Gasteiger partial charge in [-0.3, -0.25) is 0 Å². The van der Waals surface area contributed by atoms with Crippen LogP contribution in [0.25, 0.3) is 0 Å². The SMILES string of the molecule is CCNCc1cc(N(C)C(C)C(C)C)nc(C(C)(C)C)c1. The molecule has 0 bridgehead atoms. The first kappa shape index (κ1) is 18.0. The average Bonchev–Trinajstić information content (AvgIpc) is 2.42. The average molecular weight is 291 g/mol. The second-order valence-electron chi connectivity index (χ2n) is 7.34. The quantitative estimate of drug-likeness (QED) is 0.859. The lowest BCUT2D eigenvalue weighted by Crippen LogP contribution is -2.34. The maximum Gasteiger partial charge on any atom is 0.129 e. The van der Waals surface area contributed by atoms with E-state index >= 15 is 0 Å². The Labute approximate surface area is 131 Å². The minimum atomic E-state index is 0.0683. The van der Waals surface area contributed by atoms with E-state index in [0.717, 1.165) is 24.6 Å². The maximum absolute atomic E-state index is 4.91. The number of anilines is 1. The highest BCUT2D eigenvalue weighted by Gasteiger charge is 2.20. The monoisotopic (exact) mass is 291 g/mol. The molecule has 0 saturated heterocycles. The van der Waals surface area contributed by atoms with Crippen molar-refractivity contribution in [2.24, 2.45) is 5.92 Å². The van der Waals surface area contributed by atoms with E-state index in [9.17, 15) is 0 Å². The number of nitrogens with one attached hydrogen (secondary N) is 1. The van der Waals surface area contributed by atoms with Crippen LogP contribution in [0.1, 0.15) is 59.7 Å².